The zero-order chi connectivity index (χ0) is 18.1. The van der Waals surface area contributed by atoms with Gasteiger partial charge in [-0.1, -0.05) is 43.7 Å². The molecule has 5 heteroatoms. The second-order valence-electron chi connectivity index (χ2n) is 5.58. The van der Waals surface area contributed by atoms with E-state index in [0.717, 1.165) is 12.8 Å². The van der Waals surface area contributed by atoms with Gasteiger partial charge in [0.05, 0.1) is 0 Å². The Bertz CT molecular complexity index is 737. The molecule has 0 bridgehead atoms. The van der Waals surface area contributed by atoms with Crippen LogP contribution in [0.4, 0.5) is 0 Å². The van der Waals surface area contributed by atoms with E-state index in [4.69, 9.17) is 0 Å². The molecular weight excluding hydrogens is 316 g/mol. The van der Waals surface area contributed by atoms with Crippen molar-refractivity contribution in [1.82, 2.24) is 10.6 Å². The molecule has 0 atom stereocenters. The van der Waals surface area contributed by atoms with Crippen LogP contribution in [0, 0.1) is 0 Å². The van der Waals surface area contributed by atoms with Gasteiger partial charge in [-0.3, -0.25) is 9.59 Å². The number of amides is 2. The fourth-order valence-corrected chi connectivity index (χ4v) is 2.15. The normalized spacial score (nSPS) is 11.0. The largest absolute Gasteiger partial charge is 0.508 e. The van der Waals surface area contributed by atoms with Crippen LogP contribution in [0.15, 0.2) is 60.3 Å². The Labute approximate surface area is 147 Å². The standard InChI is InChI=1S/C20H22N2O3/c1-2-3-13-21-20(25)18(14-15-9-11-17(23)12-10-15)22-19(24)16-7-5-4-6-8-16/h4-12,14,23H,2-3,13H2,1H3,(H,21,25)(H,22,24)/b18-14+. The van der Waals surface area contributed by atoms with Crippen molar-refractivity contribution in [3.63, 3.8) is 0 Å². The quantitative estimate of drug-likeness (QED) is 0.536. The Morgan fingerprint density at radius 2 is 1.72 bits per heavy atom. The third-order valence-corrected chi connectivity index (χ3v) is 3.55. The Morgan fingerprint density at radius 1 is 1.04 bits per heavy atom. The summed E-state index contributed by atoms with van der Waals surface area (Å²) < 4.78 is 0. The number of phenolic OH excluding ortho intramolecular Hbond substituents is 1. The summed E-state index contributed by atoms with van der Waals surface area (Å²) in [6.07, 6.45) is 3.42. The second kappa shape index (κ2) is 9.27. The highest BCUT2D eigenvalue weighted by Crippen LogP contribution is 2.12. The molecule has 0 fully saturated rings. The maximum absolute atomic E-state index is 12.4. The number of nitrogens with one attached hydrogen (secondary N) is 2. The molecule has 0 heterocycles. The molecule has 5 nitrogen and oxygen atoms in total. The topological polar surface area (TPSA) is 78.4 Å². The number of phenols is 1. The van der Waals surface area contributed by atoms with E-state index in [1.165, 1.54) is 12.1 Å². The highest BCUT2D eigenvalue weighted by Gasteiger charge is 2.14. The fourth-order valence-electron chi connectivity index (χ4n) is 2.15. The molecule has 0 aliphatic rings. The molecule has 0 saturated heterocycles. The Kier molecular flexibility index (Phi) is 6.77. The van der Waals surface area contributed by atoms with Gasteiger partial charge < -0.3 is 15.7 Å². The molecule has 0 spiro atoms. The first-order valence-corrected chi connectivity index (χ1v) is 8.25. The minimum absolute atomic E-state index is 0.138. The van der Waals surface area contributed by atoms with Crippen molar-refractivity contribution in [2.45, 2.75) is 19.8 Å². The molecule has 2 amide bonds. The highest BCUT2D eigenvalue weighted by atomic mass is 16.3. The molecule has 0 aromatic heterocycles. The zero-order valence-electron chi connectivity index (χ0n) is 14.2. The maximum atomic E-state index is 12.4. The van der Waals surface area contributed by atoms with Crippen molar-refractivity contribution in [2.75, 3.05) is 6.54 Å². The van der Waals surface area contributed by atoms with E-state index in [0.29, 0.717) is 17.7 Å². The van der Waals surface area contributed by atoms with Gasteiger partial charge in [0.25, 0.3) is 11.8 Å². The molecule has 2 aromatic rings. The molecule has 130 valence electrons. The van der Waals surface area contributed by atoms with Gasteiger partial charge in [0.2, 0.25) is 0 Å². The summed E-state index contributed by atoms with van der Waals surface area (Å²) in [5.74, 6) is -0.554. The van der Waals surface area contributed by atoms with Gasteiger partial charge in [-0.25, -0.2) is 0 Å². The van der Waals surface area contributed by atoms with Gasteiger partial charge in [0.1, 0.15) is 11.4 Å². The first kappa shape index (κ1) is 18.3. The Balaban J connectivity index is 2.20. The summed E-state index contributed by atoms with van der Waals surface area (Å²) >= 11 is 0. The predicted molar refractivity (Wildman–Crippen MR) is 97.9 cm³/mol. The van der Waals surface area contributed by atoms with Crippen LogP contribution < -0.4 is 10.6 Å². The van der Waals surface area contributed by atoms with E-state index in [1.807, 2.05) is 13.0 Å². The smallest absolute Gasteiger partial charge is 0.267 e. The number of benzene rings is 2. The van der Waals surface area contributed by atoms with Crippen molar-refractivity contribution in [3.8, 4) is 5.75 Å². The minimum Gasteiger partial charge on any atom is -0.508 e. The Morgan fingerprint density at radius 3 is 2.36 bits per heavy atom. The average Bonchev–Trinajstić information content (AvgIpc) is 2.63. The van der Waals surface area contributed by atoms with Crippen molar-refractivity contribution in [2.24, 2.45) is 0 Å². The summed E-state index contributed by atoms with van der Waals surface area (Å²) in [6, 6.07) is 15.1. The molecule has 2 aromatic carbocycles. The highest BCUT2D eigenvalue weighted by molar-refractivity contribution is 6.05. The van der Waals surface area contributed by atoms with Crippen LogP contribution >= 0.6 is 0 Å². The minimum atomic E-state index is -0.351. The summed E-state index contributed by atoms with van der Waals surface area (Å²) in [7, 11) is 0. The molecule has 25 heavy (non-hydrogen) atoms. The number of hydrogen-bond acceptors (Lipinski definition) is 3. The van der Waals surface area contributed by atoms with Gasteiger partial charge in [-0.15, -0.1) is 0 Å². The lowest BCUT2D eigenvalue weighted by Gasteiger charge is -2.11. The number of unbranched alkanes of at least 4 members (excludes halogenated alkanes) is 1. The number of hydrogen-bond donors (Lipinski definition) is 3. The van der Waals surface area contributed by atoms with Crippen molar-refractivity contribution in [1.29, 1.82) is 0 Å². The summed E-state index contributed by atoms with van der Waals surface area (Å²) in [4.78, 5) is 24.8. The second-order valence-corrected chi connectivity index (χ2v) is 5.58. The van der Waals surface area contributed by atoms with Gasteiger partial charge in [-0.2, -0.15) is 0 Å². The van der Waals surface area contributed by atoms with Crippen LogP contribution in [0.25, 0.3) is 6.08 Å². The molecule has 0 unspecified atom stereocenters. The molecule has 0 saturated carbocycles. The first-order valence-electron chi connectivity index (χ1n) is 8.25. The lowest BCUT2D eigenvalue weighted by atomic mass is 10.1. The zero-order valence-corrected chi connectivity index (χ0v) is 14.2. The van der Waals surface area contributed by atoms with Crippen molar-refractivity contribution < 1.29 is 14.7 Å². The molecule has 0 aliphatic heterocycles. The van der Waals surface area contributed by atoms with Crippen LogP contribution in [0.3, 0.4) is 0 Å². The van der Waals surface area contributed by atoms with Gasteiger partial charge in [0.15, 0.2) is 0 Å². The first-order chi connectivity index (χ1) is 12.1. The summed E-state index contributed by atoms with van der Waals surface area (Å²) in [5, 5.41) is 14.8. The SMILES string of the molecule is CCCCNC(=O)/C(=C\c1ccc(O)cc1)NC(=O)c1ccccc1. The monoisotopic (exact) mass is 338 g/mol. The molecule has 0 radical (unpaired) electrons. The summed E-state index contributed by atoms with van der Waals surface area (Å²) in [5.41, 5.74) is 1.34. The number of aromatic hydroxyl groups is 1. The van der Waals surface area contributed by atoms with Gasteiger partial charge in [0, 0.05) is 12.1 Å². The van der Waals surface area contributed by atoms with E-state index < -0.39 is 0 Å². The number of carbonyl (C=O) groups excluding carboxylic acids is 2. The third-order valence-electron chi connectivity index (χ3n) is 3.55. The van der Waals surface area contributed by atoms with Crippen LogP contribution in [-0.4, -0.2) is 23.5 Å². The maximum Gasteiger partial charge on any atom is 0.267 e. The Hall–Kier alpha value is -3.08. The van der Waals surface area contributed by atoms with Crippen molar-refractivity contribution >= 4 is 17.9 Å². The predicted octanol–water partition coefficient (Wildman–Crippen LogP) is 3.08. The fraction of sp³-hybridized carbons (Fsp3) is 0.200. The molecular formula is C20H22N2O3. The number of rotatable bonds is 7. The lowest BCUT2D eigenvalue weighted by molar-refractivity contribution is -0.117. The number of carbonyl (C=O) groups is 2. The van der Waals surface area contributed by atoms with E-state index in [-0.39, 0.29) is 23.3 Å². The van der Waals surface area contributed by atoms with E-state index in [9.17, 15) is 14.7 Å². The van der Waals surface area contributed by atoms with E-state index in [1.54, 1.807) is 42.5 Å². The lowest BCUT2D eigenvalue weighted by Crippen LogP contribution is -2.35. The molecule has 0 aliphatic carbocycles. The molecule has 2 rings (SSSR count). The van der Waals surface area contributed by atoms with Crippen LogP contribution in [0.5, 0.6) is 5.75 Å². The van der Waals surface area contributed by atoms with Crippen molar-refractivity contribution in [3.05, 3.63) is 71.4 Å². The van der Waals surface area contributed by atoms with E-state index >= 15 is 0 Å². The molecule has 3 N–H and O–H groups in total. The van der Waals surface area contributed by atoms with Crippen LogP contribution in [0.1, 0.15) is 35.7 Å². The summed E-state index contributed by atoms with van der Waals surface area (Å²) in [6.45, 7) is 2.58. The van der Waals surface area contributed by atoms with Gasteiger partial charge in [-0.05, 0) is 42.3 Å². The average molecular weight is 338 g/mol. The van der Waals surface area contributed by atoms with Crippen LogP contribution in [-0.2, 0) is 4.79 Å². The van der Waals surface area contributed by atoms with Gasteiger partial charge >= 0.3 is 0 Å². The third kappa shape index (κ3) is 5.80. The van der Waals surface area contributed by atoms with E-state index in [2.05, 4.69) is 10.6 Å². The van der Waals surface area contributed by atoms with Crippen LogP contribution in [0.2, 0.25) is 0 Å².